The van der Waals surface area contributed by atoms with Crippen LogP contribution in [-0.2, 0) is 0 Å². The molecule has 0 spiro atoms. The molecule has 4 nitrogen and oxygen atoms in total. The molecule has 1 N–H and O–H groups in total. The van der Waals surface area contributed by atoms with Crippen LogP contribution in [0, 0.1) is 0 Å². The third-order valence-corrected chi connectivity index (χ3v) is 3.45. The number of aromatic nitrogens is 2. The minimum absolute atomic E-state index is 0.190. The molecule has 2 aromatic rings. The number of hydrogen-bond acceptors (Lipinski definition) is 4. The van der Waals surface area contributed by atoms with Gasteiger partial charge in [0.25, 0.3) is 0 Å². The molecule has 2 rings (SSSR count). The molecular weight excluding hydrogens is 248 g/mol. The highest BCUT2D eigenvalue weighted by Gasteiger charge is 2.15. The first kappa shape index (κ1) is 14.6. The summed E-state index contributed by atoms with van der Waals surface area (Å²) in [6.07, 6.45) is 5.24. The highest BCUT2D eigenvalue weighted by atomic mass is 15.1. The average molecular weight is 270 g/mol. The van der Waals surface area contributed by atoms with Crippen molar-refractivity contribution in [3.63, 3.8) is 0 Å². The molecule has 0 radical (unpaired) electrons. The number of hydrogen-bond donors (Lipinski definition) is 1. The molecule has 1 aromatic carbocycles. The summed E-state index contributed by atoms with van der Waals surface area (Å²) < 4.78 is 0. The fraction of sp³-hybridized carbons (Fsp3) is 0.375. The van der Waals surface area contributed by atoms with E-state index in [0.29, 0.717) is 6.04 Å². The molecule has 0 aliphatic heterocycles. The Balaban J connectivity index is 2.00. The van der Waals surface area contributed by atoms with Gasteiger partial charge in [0, 0.05) is 37.2 Å². The molecule has 106 valence electrons. The van der Waals surface area contributed by atoms with E-state index in [0.717, 1.165) is 12.2 Å². The van der Waals surface area contributed by atoms with Gasteiger partial charge in [-0.1, -0.05) is 30.3 Å². The third kappa shape index (κ3) is 3.85. The van der Waals surface area contributed by atoms with Crippen LogP contribution >= 0.6 is 0 Å². The number of rotatable bonds is 6. The molecule has 0 bridgehead atoms. The van der Waals surface area contributed by atoms with E-state index in [1.54, 1.807) is 12.4 Å². The first-order chi connectivity index (χ1) is 9.68. The van der Waals surface area contributed by atoms with E-state index >= 15 is 0 Å². The Labute approximate surface area is 120 Å². The van der Waals surface area contributed by atoms with Crippen LogP contribution < -0.4 is 5.32 Å². The smallest absolute Gasteiger partial charge is 0.0753 e. The van der Waals surface area contributed by atoms with Crippen molar-refractivity contribution in [1.29, 1.82) is 0 Å². The van der Waals surface area contributed by atoms with Gasteiger partial charge in [-0.3, -0.25) is 9.97 Å². The lowest BCUT2D eigenvalue weighted by Gasteiger charge is -2.26. The van der Waals surface area contributed by atoms with E-state index in [4.69, 9.17) is 0 Å². The third-order valence-electron chi connectivity index (χ3n) is 3.45. The molecule has 4 heteroatoms. The van der Waals surface area contributed by atoms with Gasteiger partial charge in [-0.15, -0.1) is 0 Å². The highest BCUT2D eigenvalue weighted by Crippen LogP contribution is 2.18. The first-order valence-electron chi connectivity index (χ1n) is 6.89. The van der Waals surface area contributed by atoms with E-state index in [1.165, 1.54) is 5.56 Å². The second kappa shape index (κ2) is 7.12. The summed E-state index contributed by atoms with van der Waals surface area (Å²) in [6.45, 7) is 2.98. The van der Waals surface area contributed by atoms with E-state index < -0.39 is 0 Å². The van der Waals surface area contributed by atoms with Crippen LogP contribution in [0.25, 0.3) is 0 Å². The fourth-order valence-electron chi connectivity index (χ4n) is 2.20. The van der Waals surface area contributed by atoms with Gasteiger partial charge in [-0.25, -0.2) is 0 Å². The molecule has 1 heterocycles. The predicted molar refractivity (Wildman–Crippen MR) is 81.3 cm³/mol. The summed E-state index contributed by atoms with van der Waals surface area (Å²) in [4.78, 5) is 10.7. The van der Waals surface area contributed by atoms with Gasteiger partial charge in [0.15, 0.2) is 0 Å². The average Bonchev–Trinajstić information content (AvgIpc) is 2.49. The Morgan fingerprint density at radius 3 is 2.50 bits per heavy atom. The Hall–Kier alpha value is -1.78. The van der Waals surface area contributed by atoms with Crippen molar-refractivity contribution in [2.24, 2.45) is 0 Å². The maximum absolute atomic E-state index is 4.34. The lowest BCUT2D eigenvalue weighted by molar-refractivity contribution is 0.281. The summed E-state index contributed by atoms with van der Waals surface area (Å²) >= 11 is 0. The molecule has 0 aliphatic rings. The maximum atomic E-state index is 4.34. The van der Waals surface area contributed by atoms with Crippen LogP contribution in [0.2, 0.25) is 0 Å². The SMILES string of the molecule is CC(NCC(c1ccccc1)N(C)C)c1cnccn1. The minimum Gasteiger partial charge on any atom is -0.307 e. The largest absolute Gasteiger partial charge is 0.307 e. The predicted octanol–water partition coefficient (Wildman–Crippen LogP) is 2.43. The van der Waals surface area contributed by atoms with Crippen LogP contribution in [0.4, 0.5) is 0 Å². The summed E-state index contributed by atoms with van der Waals surface area (Å²) in [7, 11) is 4.21. The number of nitrogens with one attached hydrogen (secondary N) is 1. The van der Waals surface area contributed by atoms with Crippen LogP contribution in [-0.4, -0.2) is 35.5 Å². The quantitative estimate of drug-likeness (QED) is 0.875. The van der Waals surface area contributed by atoms with E-state index in [9.17, 15) is 0 Å². The molecule has 1 aromatic heterocycles. The van der Waals surface area contributed by atoms with E-state index in [2.05, 4.69) is 65.5 Å². The molecule has 0 aliphatic carbocycles. The number of nitrogens with zero attached hydrogens (tertiary/aromatic N) is 3. The fourth-order valence-corrected chi connectivity index (χ4v) is 2.20. The van der Waals surface area contributed by atoms with Crippen LogP contribution in [0.3, 0.4) is 0 Å². The zero-order valence-electron chi connectivity index (χ0n) is 12.3. The van der Waals surface area contributed by atoms with Crippen molar-refractivity contribution in [3.8, 4) is 0 Å². The number of likely N-dealkylation sites (N-methyl/N-ethyl adjacent to an activating group) is 1. The monoisotopic (exact) mass is 270 g/mol. The van der Waals surface area contributed by atoms with Gasteiger partial charge in [-0.2, -0.15) is 0 Å². The van der Waals surface area contributed by atoms with Gasteiger partial charge in [-0.05, 0) is 26.6 Å². The Morgan fingerprint density at radius 2 is 1.90 bits per heavy atom. The lowest BCUT2D eigenvalue weighted by Crippen LogP contribution is -2.32. The molecule has 0 saturated heterocycles. The topological polar surface area (TPSA) is 41.0 Å². The van der Waals surface area contributed by atoms with Crippen LogP contribution in [0.1, 0.15) is 30.3 Å². The van der Waals surface area contributed by atoms with E-state index in [1.807, 2.05) is 12.3 Å². The summed E-state index contributed by atoms with van der Waals surface area (Å²) in [5, 5.41) is 3.53. The van der Waals surface area contributed by atoms with E-state index in [-0.39, 0.29) is 6.04 Å². The Kier molecular flexibility index (Phi) is 5.21. The van der Waals surface area contributed by atoms with Crippen molar-refractivity contribution < 1.29 is 0 Å². The van der Waals surface area contributed by atoms with Crippen LogP contribution in [0.5, 0.6) is 0 Å². The molecule has 0 amide bonds. The minimum atomic E-state index is 0.190. The van der Waals surface area contributed by atoms with Crippen molar-refractivity contribution >= 4 is 0 Å². The second-order valence-electron chi connectivity index (χ2n) is 5.15. The van der Waals surface area contributed by atoms with Gasteiger partial charge in [0.05, 0.1) is 5.69 Å². The summed E-state index contributed by atoms with van der Waals surface area (Å²) in [5.41, 5.74) is 2.29. The molecule has 20 heavy (non-hydrogen) atoms. The molecule has 0 fully saturated rings. The van der Waals surface area contributed by atoms with Gasteiger partial charge in [0.2, 0.25) is 0 Å². The first-order valence-corrected chi connectivity index (χ1v) is 6.89. The summed E-state index contributed by atoms with van der Waals surface area (Å²) in [6, 6.07) is 11.1. The normalized spacial score (nSPS) is 14.2. The van der Waals surface area contributed by atoms with Crippen molar-refractivity contribution in [1.82, 2.24) is 20.2 Å². The summed E-state index contributed by atoms with van der Waals surface area (Å²) in [5.74, 6) is 0. The highest BCUT2D eigenvalue weighted by molar-refractivity contribution is 5.19. The standard InChI is InChI=1S/C16H22N4/c1-13(15-11-17-9-10-18-15)19-12-16(20(2)3)14-7-5-4-6-8-14/h4-11,13,16,19H,12H2,1-3H3. The molecule has 0 saturated carbocycles. The maximum Gasteiger partial charge on any atom is 0.0753 e. The molecule has 2 atom stereocenters. The molecular formula is C16H22N4. The second-order valence-corrected chi connectivity index (χ2v) is 5.15. The van der Waals surface area contributed by atoms with Crippen molar-refractivity contribution in [3.05, 3.63) is 60.2 Å². The van der Waals surface area contributed by atoms with Crippen LogP contribution in [0.15, 0.2) is 48.9 Å². The van der Waals surface area contributed by atoms with Gasteiger partial charge < -0.3 is 10.2 Å². The Morgan fingerprint density at radius 1 is 1.15 bits per heavy atom. The molecule has 2 unspecified atom stereocenters. The zero-order chi connectivity index (χ0) is 14.4. The zero-order valence-corrected chi connectivity index (χ0v) is 12.3. The van der Waals surface area contributed by atoms with Crippen molar-refractivity contribution in [2.75, 3.05) is 20.6 Å². The van der Waals surface area contributed by atoms with Crippen molar-refractivity contribution in [2.45, 2.75) is 19.0 Å². The lowest BCUT2D eigenvalue weighted by atomic mass is 10.1. The van der Waals surface area contributed by atoms with Gasteiger partial charge >= 0.3 is 0 Å². The Bertz CT molecular complexity index is 498. The van der Waals surface area contributed by atoms with Gasteiger partial charge in [0.1, 0.15) is 0 Å². The number of benzene rings is 1.